The van der Waals surface area contributed by atoms with E-state index < -0.39 is 0 Å². The molecular weight excluding hydrogens is 210 g/mol. The molecule has 1 aromatic heterocycles. The van der Waals surface area contributed by atoms with Gasteiger partial charge in [0.05, 0.1) is 6.54 Å². The molecule has 3 heteroatoms. The molecule has 0 bridgehead atoms. The van der Waals surface area contributed by atoms with Gasteiger partial charge >= 0.3 is 0 Å². The average molecular weight is 230 g/mol. The number of rotatable bonds is 5. The van der Waals surface area contributed by atoms with Crippen molar-refractivity contribution in [1.82, 2.24) is 9.78 Å². The largest absolute Gasteiger partial charge is 0.265 e. The lowest BCUT2D eigenvalue weighted by molar-refractivity contribution is -0.689. The zero-order valence-electron chi connectivity index (χ0n) is 10.6. The van der Waals surface area contributed by atoms with Crippen molar-refractivity contribution in [2.45, 2.75) is 39.8 Å². The summed E-state index contributed by atoms with van der Waals surface area (Å²) in [5.41, 5.74) is 2.63. The van der Waals surface area contributed by atoms with Crippen molar-refractivity contribution < 1.29 is 4.57 Å². The van der Waals surface area contributed by atoms with E-state index in [2.05, 4.69) is 54.1 Å². The van der Waals surface area contributed by atoms with Gasteiger partial charge in [0, 0.05) is 5.10 Å². The van der Waals surface area contributed by atoms with Crippen LogP contribution in [0.3, 0.4) is 0 Å². The van der Waals surface area contributed by atoms with Crippen LogP contribution < -0.4 is 4.57 Å². The van der Waals surface area contributed by atoms with Gasteiger partial charge in [-0.05, 0) is 18.9 Å². The summed E-state index contributed by atoms with van der Waals surface area (Å²) in [5, 5.41) is 4.35. The molecule has 90 valence electrons. The van der Waals surface area contributed by atoms with Crippen molar-refractivity contribution in [2.24, 2.45) is 0 Å². The molecule has 0 saturated carbocycles. The fraction of sp³-hybridized carbons (Fsp3) is 0.429. The van der Waals surface area contributed by atoms with E-state index >= 15 is 0 Å². The van der Waals surface area contributed by atoms with Crippen LogP contribution in [0.5, 0.6) is 0 Å². The van der Waals surface area contributed by atoms with Gasteiger partial charge in [-0.2, -0.15) is 0 Å². The molecular formula is C14H20N3+. The van der Waals surface area contributed by atoms with Crippen LogP contribution in [0.2, 0.25) is 0 Å². The molecule has 0 aliphatic carbocycles. The third-order valence-corrected chi connectivity index (χ3v) is 2.82. The van der Waals surface area contributed by atoms with E-state index in [1.54, 1.807) is 0 Å². The summed E-state index contributed by atoms with van der Waals surface area (Å²) >= 11 is 0. The molecule has 0 aliphatic heterocycles. The molecule has 1 aromatic carbocycles. The lowest BCUT2D eigenvalue weighted by atomic mass is 10.1. The van der Waals surface area contributed by atoms with E-state index in [4.69, 9.17) is 0 Å². The Balaban J connectivity index is 2.01. The summed E-state index contributed by atoms with van der Waals surface area (Å²) in [5.74, 6) is 0. The Morgan fingerprint density at radius 3 is 3.00 bits per heavy atom. The van der Waals surface area contributed by atoms with Crippen molar-refractivity contribution in [3.05, 3.63) is 48.0 Å². The Morgan fingerprint density at radius 2 is 2.24 bits per heavy atom. The fourth-order valence-corrected chi connectivity index (χ4v) is 1.90. The van der Waals surface area contributed by atoms with Crippen LogP contribution in [0.1, 0.15) is 30.9 Å². The Bertz CT molecular complexity index is 474. The van der Waals surface area contributed by atoms with Crippen LogP contribution in [-0.4, -0.2) is 9.78 Å². The highest BCUT2D eigenvalue weighted by Crippen LogP contribution is 2.03. The number of benzene rings is 1. The van der Waals surface area contributed by atoms with Gasteiger partial charge in [0.2, 0.25) is 6.33 Å². The highest BCUT2D eigenvalue weighted by Gasteiger charge is 2.05. The van der Waals surface area contributed by atoms with Crippen molar-refractivity contribution in [3.63, 3.8) is 0 Å². The Hall–Kier alpha value is -1.64. The molecule has 1 heterocycles. The summed E-state index contributed by atoms with van der Waals surface area (Å²) in [4.78, 5) is 0. The molecule has 0 amide bonds. The first-order valence-electron chi connectivity index (χ1n) is 6.25. The standard InChI is InChI=1S/C14H20N3/c1-3-4-8-17-12-16(11-15-17)10-14-7-5-6-13(2)9-14/h5-7,9,11-12H,3-4,8,10H2,1-2H3/q+1. The molecule has 17 heavy (non-hydrogen) atoms. The van der Waals surface area contributed by atoms with E-state index in [1.165, 1.54) is 24.0 Å². The third-order valence-electron chi connectivity index (χ3n) is 2.82. The first-order chi connectivity index (χ1) is 8.28. The normalized spacial score (nSPS) is 10.7. The maximum absolute atomic E-state index is 4.35. The number of hydrogen-bond donors (Lipinski definition) is 0. The van der Waals surface area contributed by atoms with E-state index in [-0.39, 0.29) is 0 Å². The molecule has 2 aromatic rings. The average Bonchev–Trinajstić information content (AvgIpc) is 2.74. The van der Waals surface area contributed by atoms with Gasteiger partial charge in [-0.15, -0.1) is 4.68 Å². The number of aromatic nitrogens is 3. The van der Waals surface area contributed by atoms with Gasteiger partial charge in [-0.1, -0.05) is 43.2 Å². The maximum Gasteiger partial charge on any atom is 0.265 e. The lowest BCUT2D eigenvalue weighted by Gasteiger charge is -1.99. The van der Waals surface area contributed by atoms with Gasteiger partial charge in [-0.25, -0.2) is 4.57 Å². The zero-order valence-corrected chi connectivity index (χ0v) is 10.6. The Labute approximate surface area is 103 Å². The van der Waals surface area contributed by atoms with E-state index in [0.29, 0.717) is 0 Å². The van der Waals surface area contributed by atoms with Gasteiger partial charge < -0.3 is 0 Å². The van der Waals surface area contributed by atoms with Crippen LogP contribution in [-0.2, 0) is 13.1 Å². The van der Waals surface area contributed by atoms with Crippen LogP contribution in [0.4, 0.5) is 0 Å². The van der Waals surface area contributed by atoms with Gasteiger partial charge in [0.15, 0.2) is 0 Å². The van der Waals surface area contributed by atoms with E-state index in [0.717, 1.165) is 13.1 Å². The minimum atomic E-state index is 0.897. The highest BCUT2D eigenvalue weighted by molar-refractivity contribution is 5.21. The van der Waals surface area contributed by atoms with Crippen molar-refractivity contribution in [3.8, 4) is 0 Å². The SMILES string of the molecule is CCCCn1c[n+](Cc2cccc(C)c2)cn1. The minimum absolute atomic E-state index is 0.897. The summed E-state index contributed by atoms with van der Waals surface area (Å²) < 4.78 is 4.14. The molecule has 0 fully saturated rings. The molecule has 2 rings (SSSR count). The number of unbranched alkanes of at least 4 members (excludes halogenated alkanes) is 1. The second-order valence-corrected chi connectivity index (χ2v) is 4.52. The number of aryl methyl sites for hydroxylation is 2. The highest BCUT2D eigenvalue weighted by atomic mass is 15.3. The minimum Gasteiger partial charge on any atom is -0.233 e. The second kappa shape index (κ2) is 5.62. The fourth-order valence-electron chi connectivity index (χ4n) is 1.90. The van der Waals surface area contributed by atoms with Crippen LogP contribution in [0.25, 0.3) is 0 Å². The monoisotopic (exact) mass is 230 g/mol. The van der Waals surface area contributed by atoms with Crippen LogP contribution in [0.15, 0.2) is 36.9 Å². The topological polar surface area (TPSA) is 21.7 Å². The predicted molar refractivity (Wildman–Crippen MR) is 67.6 cm³/mol. The summed E-state index contributed by atoms with van der Waals surface area (Å²) in [6.07, 6.45) is 6.37. The summed E-state index contributed by atoms with van der Waals surface area (Å²) in [6.45, 7) is 6.23. The van der Waals surface area contributed by atoms with Crippen LogP contribution in [0, 0.1) is 6.92 Å². The lowest BCUT2D eigenvalue weighted by Crippen LogP contribution is -2.31. The van der Waals surface area contributed by atoms with Gasteiger partial charge in [0.25, 0.3) is 6.33 Å². The Kier molecular flexibility index (Phi) is 3.91. The van der Waals surface area contributed by atoms with Crippen molar-refractivity contribution in [2.75, 3.05) is 0 Å². The second-order valence-electron chi connectivity index (χ2n) is 4.52. The van der Waals surface area contributed by atoms with Crippen molar-refractivity contribution >= 4 is 0 Å². The van der Waals surface area contributed by atoms with E-state index in [9.17, 15) is 0 Å². The molecule has 3 nitrogen and oxygen atoms in total. The molecule has 0 saturated heterocycles. The molecule has 0 atom stereocenters. The van der Waals surface area contributed by atoms with Gasteiger partial charge in [-0.3, -0.25) is 0 Å². The number of nitrogens with zero attached hydrogens (tertiary/aromatic N) is 3. The first kappa shape index (κ1) is 11.8. The summed E-state index contributed by atoms with van der Waals surface area (Å²) in [6, 6.07) is 8.60. The zero-order chi connectivity index (χ0) is 12.1. The summed E-state index contributed by atoms with van der Waals surface area (Å²) in [7, 11) is 0. The molecule has 0 spiro atoms. The molecule has 0 radical (unpaired) electrons. The number of hydrogen-bond acceptors (Lipinski definition) is 1. The molecule has 0 aliphatic rings. The first-order valence-corrected chi connectivity index (χ1v) is 6.25. The van der Waals surface area contributed by atoms with Gasteiger partial charge in [0.1, 0.15) is 6.54 Å². The Morgan fingerprint density at radius 1 is 1.35 bits per heavy atom. The maximum atomic E-state index is 4.35. The van der Waals surface area contributed by atoms with Crippen LogP contribution >= 0.6 is 0 Å². The molecule has 0 N–H and O–H groups in total. The quantitative estimate of drug-likeness (QED) is 0.722. The van der Waals surface area contributed by atoms with Crippen molar-refractivity contribution in [1.29, 1.82) is 0 Å². The smallest absolute Gasteiger partial charge is 0.233 e. The third kappa shape index (κ3) is 3.41. The van der Waals surface area contributed by atoms with E-state index in [1.807, 2.05) is 11.0 Å². The molecule has 0 unspecified atom stereocenters. The predicted octanol–water partition coefficient (Wildman–Crippen LogP) is 2.33.